The molecule has 7 nitrogen and oxygen atoms in total. The molecule has 1 aliphatic rings. The number of hydrogen-bond acceptors (Lipinski definition) is 6. The van der Waals surface area contributed by atoms with Gasteiger partial charge in [0.25, 0.3) is 0 Å². The van der Waals surface area contributed by atoms with Crippen molar-refractivity contribution < 1.29 is 14.6 Å². The number of fused-ring (bicyclic) bond motifs is 1. The highest BCUT2D eigenvalue weighted by Gasteiger charge is 2.17. The van der Waals surface area contributed by atoms with Gasteiger partial charge in [0.15, 0.2) is 0 Å². The van der Waals surface area contributed by atoms with Crippen LogP contribution in [0, 0.1) is 0 Å². The smallest absolute Gasteiger partial charge is 0.336 e. The molecule has 0 bridgehead atoms. The number of carboxylic acids is 1. The molecular weight excluding hydrogens is 380 g/mol. The van der Waals surface area contributed by atoms with Crippen molar-refractivity contribution in [3.8, 4) is 5.75 Å². The predicted molar refractivity (Wildman–Crippen MR) is 119 cm³/mol. The highest BCUT2D eigenvalue weighted by Crippen LogP contribution is 2.22. The monoisotopic (exact) mass is 406 g/mol. The fourth-order valence-corrected chi connectivity index (χ4v) is 3.81. The normalized spacial score (nSPS) is 14.6. The topological polar surface area (TPSA) is 77.9 Å². The van der Waals surface area contributed by atoms with Gasteiger partial charge in [-0.2, -0.15) is 0 Å². The van der Waals surface area contributed by atoms with Crippen LogP contribution < -0.4 is 15.0 Å². The van der Waals surface area contributed by atoms with E-state index >= 15 is 0 Å². The van der Waals surface area contributed by atoms with E-state index in [1.54, 1.807) is 19.2 Å². The first kappa shape index (κ1) is 20.0. The molecule has 156 valence electrons. The number of hydrogen-bond donors (Lipinski definition) is 2. The number of benzene rings is 2. The highest BCUT2D eigenvalue weighted by atomic mass is 16.5. The number of carbonyl (C=O) groups is 1. The zero-order chi connectivity index (χ0) is 20.9. The van der Waals surface area contributed by atoms with E-state index in [9.17, 15) is 9.90 Å². The van der Waals surface area contributed by atoms with Gasteiger partial charge in [-0.15, -0.1) is 0 Å². The molecule has 2 aromatic carbocycles. The van der Waals surface area contributed by atoms with E-state index in [0.29, 0.717) is 23.3 Å². The van der Waals surface area contributed by atoms with E-state index in [1.807, 2.05) is 30.3 Å². The summed E-state index contributed by atoms with van der Waals surface area (Å²) < 4.78 is 5.23. The summed E-state index contributed by atoms with van der Waals surface area (Å²) in [6.07, 6.45) is 0. The minimum atomic E-state index is -0.939. The van der Waals surface area contributed by atoms with Crippen LogP contribution in [-0.4, -0.2) is 67.3 Å². The average molecular weight is 406 g/mol. The largest absolute Gasteiger partial charge is 0.497 e. The van der Waals surface area contributed by atoms with Crippen molar-refractivity contribution in [2.75, 3.05) is 56.6 Å². The van der Waals surface area contributed by atoms with E-state index in [1.165, 1.54) is 5.69 Å². The molecule has 0 atom stereocenters. The standard InChI is InChI=1S/C23H26N4O3/c1-30-18-8-6-17(7-9-18)27-14-12-26(13-15-27)11-10-24-22-16-20(23(28)29)19-4-2-3-5-21(19)25-22/h2-9,16H,10-15H2,1H3,(H,24,25)(H,28,29). The summed E-state index contributed by atoms with van der Waals surface area (Å²) >= 11 is 0. The molecule has 30 heavy (non-hydrogen) atoms. The van der Waals surface area contributed by atoms with Crippen LogP contribution in [0.1, 0.15) is 10.4 Å². The van der Waals surface area contributed by atoms with E-state index < -0.39 is 5.97 Å². The lowest BCUT2D eigenvalue weighted by Gasteiger charge is -2.36. The van der Waals surface area contributed by atoms with Crippen LogP contribution in [-0.2, 0) is 0 Å². The van der Waals surface area contributed by atoms with Crippen molar-refractivity contribution in [1.82, 2.24) is 9.88 Å². The van der Waals surface area contributed by atoms with Crippen LogP contribution in [0.4, 0.5) is 11.5 Å². The third-order valence-electron chi connectivity index (χ3n) is 5.49. The summed E-state index contributed by atoms with van der Waals surface area (Å²) in [5.41, 5.74) is 2.18. The number of pyridine rings is 1. The number of nitrogens with zero attached hydrogens (tertiary/aromatic N) is 3. The molecule has 7 heteroatoms. The van der Waals surface area contributed by atoms with Gasteiger partial charge in [0.05, 0.1) is 18.2 Å². The van der Waals surface area contributed by atoms with Crippen molar-refractivity contribution in [2.24, 2.45) is 0 Å². The van der Waals surface area contributed by atoms with Gasteiger partial charge >= 0.3 is 5.97 Å². The molecular formula is C23H26N4O3. The van der Waals surface area contributed by atoms with Gasteiger partial charge in [0, 0.05) is 50.3 Å². The molecule has 3 aromatic rings. The molecule has 1 fully saturated rings. The zero-order valence-corrected chi connectivity index (χ0v) is 17.0. The maximum absolute atomic E-state index is 11.6. The first-order valence-electron chi connectivity index (χ1n) is 10.1. The Balaban J connectivity index is 1.30. The fourth-order valence-electron chi connectivity index (χ4n) is 3.81. The SMILES string of the molecule is COc1ccc(N2CCN(CCNc3cc(C(=O)O)c4ccccc4n3)CC2)cc1. The molecule has 0 amide bonds. The van der Waals surface area contributed by atoms with Gasteiger partial charge in [-0.3, -0.25) is 4.90 Å². The van der Waals surface area contributed by atoms with Crippen LogP contribution in [0.3, 0.4) is 0 Å². The number of ether oxygens (including phenoxy) is 1. The molecule has 0 spiro atoms. The summed E-state index contributed by atoms with van der Waals surface area (Å²) in [6, 6.07) is 17.1. The number of piperazine rings is 1. The summed E-state index contributed by atoms with van der Waals surface area (Å²) in [5, 5.41) is 13.5. The molecule has 2 heterocycles. The predicted octanol–water partition coefficient (Wildman–Crippen LogP) is 3.18. The Morgan fingerprint density at radius 1 is 1.10 bits per heavy atom. The Bertz CT molecular complexity index is 1010. The van der Waals surface area contributed by atoms with Crippen LogP contribution in [0.15, 0.2) is 54.6 Å². The molecule has 1 aromatic heterocycles. The van der Waals surface area contributed by atoms with Crippen LogP contribution in [0.5, 0.6) is 5.75 Å². The van der Waals surface area contributed by atoms with E-state index in [0.717, 1.165) is 38.5 Å². The van der Waals surface area contributed by atoms with E-state index in [-0.39, 0.29) is 5.56 Å². The first-order chi connectivity index (χ1) is 14.6. The molecule has 0 radical (unpaired) electrons. The van der Waals surface area contributed by atoms with Gasteiger partial charge in [0.2, 0.25) is 0 Å². The third-order valence-corrected chi connectivity index (χ3v) is 5.49. The van der Waals surface area contributed by atoms with Gasteiger partial charge in [0.1, 0.15) is 11.6 Å². The lowest BCUT2D eigenvalue weighted by molar-refractivity contribution is 0.0699. The number of carboxylic acid groups (broad SMARTS) is 1. The van der Waals surface area contributed by atoms with E-state index in [2.05, 4.69) is 32.2 Å². The molecule has 0 unspecified atom stereocenters. The third kappa shape index (κ3) is 4.46. The highest BCUT2D eigenvalue weighted by molar-refractivity contribution is 6.03. The number of aromatic nitrogens is 1. The second-order valence-electron chi connectivity index (χ2n) is 7.33. The molecule has 2 N–H and O–H groups in total. The number of methoxy groups -OCH3 is 1. The van der Waals surface area contributed by atoms with Crippen molar-refractivity contribution in [3.63, 3.8) is 0 Å². The van der Waals surface area contributed by atoms with Crippen molar-refractivity contribution in [1.29, 1.82) is 0 Å². The summed E-state index contributed by atoms with van der Waals surface area (Å²) in [7, 11) is 1.68. The van der Waals surface area contributed by atoms with Crippen molar-refractivity contribution >= 4 is 28.4 Å². The quantitative estimate of drug-likeness (QED) is 0.624. The Hall–Kier alpha value is -3.32. The lowest BCUT2D eigenvalue weighted by atomic mass is 10.1. The van der Waals surface area contributed by atoms with Gasteiger partial charge < -0.3 is 20.1 Å². The molecule has 1 saturated heterocycles. The van der Waals surface area contributed by atoms with Gasteiger partial charge in [-0.25, -0.2) is 9.78 Å². The second-order valence-corrected chi connectivity index (χ2v) is 7.33. The van der Waals surface area contributed by atoms with Gasteiger partial charge in [-0.05, 0) is 36.4 Å². The lowest BCUT2D eigenvalue weighted by Crippen LogP contribution is -2.47. The molecule has 0 saturated carbocycles. The minimum absolute atomic E-state index is 0.274. The fraction of sp³-hybridized carbons (Fsp3) is 0.304. The van der Waals surface area contributed by atoms with Crippen LogP contribution in [0.2, 0.25) is 0 Å². The van der Waals surface area contributed by atoms with Crippen molar-refractivity contribution in [2.45, 2.75) is 0 Å². The summed E-state index contributed by atoms with van der Waals surface area (Å²) in [6.45, 7) is 5.52. The Labute approximate surface area is 175 Å². The zero-order valence-electron chi connectivity index (χ0n) is 17.0. The molecule has 0 aliphatic carbocycles. The van der Waals surface area contributed by atoms with Crippen LogP contribution in [0.25, 0.3) is 10.9 Å². The van der Waals surface area contributed by atoms with E-state index in [4.69, 9.17) is 4.74 Å². The number of anilines is 2. The summed E-state index contributed by atoms with van der Waals surface area (Å²) in [4.78, 5) is 20.9. The maximum Gasteiger partial charge on any atom is 0.336 e. The molecule has 1 aliphatic heterocycles. The van der Waals surface area contributed by atoms with Gasteiger partial charge in [-0.1, -0.05) is 18.2 Å². The summed E-state index contributed by atoms with van der Waals surface area (Å²) in [5.74, 6) is 0.533. The second kappa shape index (κ2) is 9.00. The van der Waals surface area contributed by atoms with Crippen LogP contribution >= 0.6 is 0 Å². The average Bonchev–Trinajstić information content (AvgIpc) is 2.79. The molecule has 4 rings (SSSR count). The number of nitrogens with one attached hydrogen (secondary N) is 1. The number of rotatable bonds is 7. The Morgan fingerprint density at radius 3 is 2.53 bits per heavy atom. The first-order valence-corrected chi connectivity index (χ1v) is 10.1. The maximum atomic E-state index is 11.6. The Kier molecular flexibility index (Phi) is 5.99. The minimum Gasteiger partial charge on any atom is -0.497 e. The Morgan fingerprint density at radius 2 is 1.83 bits per heavy atom. The number of para-hydroxylation sites is 1. The van der Waals surface area contributed by atoms with Crippen molar-refractivity contribution in [3.05, 3.63) is 60.2 Å². The number of aromatic carboxylic acids is 1.